The number of hydrogen-bond donors (Lipinski definition) is 0. The molecule has 0 saturated carbocycles. The van der Waals surface area contributed by atoms with Gasteiger partial charge in [-0.25, -0.2) is 0 Å². The van der Waals surface area contributed by atoms with Gasteiger partial charge in [0, 0.05) is 11.1 Å². The zero-order chi connectivity index (χ0) is 21.3. The molecule has 30 heavy (non-hydrogen) atoms. The van der Waals surface area contributed by atoms with Crippen LogP contribution in [0.25, 0.3) is 6.08 Å². The van der Waals surface area contributed by atoms with Crippen LogP contribution >= 0.6 is 15.9 Å². The first-order chi connectivity index (χ1) is 14.5. The molecule has 0 atom stereocenters. The number of halogens is 1. The molecule has 3 aromatic carbocycles. The first-order valence-corrected chi connectivity index (χ1v) is 10.2. The molecule has 0 N–H and O–H groups in total. The summed E-state index contributed by atoms with van der Waals surface area (Å²) in [6.07, 6.45) is 1.60. The van der Waals surface area contributed by atoms with Gasteiger partial charge < -0.3 is 9.47 Å². The first-order valence-electron chi connectivity index (χ1n) is 9.44. The lowest BCUT2D eigenvalue weighted by Gasteiger charge is -2.14. The highest BCUT2D eigenvalue weighted by Crippen LogP contribution is 2.38. The van der Waals surface area contributed by atoms with Crippen LogP contribution in [0.1, 0.15) is 37.4 Å². The molecule has 0 aromatic heterocycles. The molecule has 3 aromatic rings. The maximum Gasteiger partial charge on any atom is 0.197 e. The van der Waals surface area contributed by atoms with E-state index in [0.717, 1.165) is 5.56 Å². The number of hydrogen-bond acceptors (Lipinski definition) is 4. The first kappa shape index (κ1) is 20.1. The van der Waals surface area contributed by atoms with Gasteiger partial charge in [0.2, 0.25) is 0 Å². The molecule has 1 aliphatic rings. The topological polar surface area (TPSA) is 52.6 Å². The van der Waals surface area contributed by atoms with Crippen LogP contribution in [0.3, 0.4) is 0 Å². The fourth-order valence-corrected chi connectivity index (χ4v) is 3.95. The maximum atomic E-state index is 12.6. The van der Waals surface area contributed by atoms with Crippen LogP contribution < -0.4 is 9.47 Å². The SMILES string of the molecule is COc1cc(C=C2C(=O)c3ccccc3C2=O)cc(Br)c1OCc1ccc(C)cc1. The number of Topliss-reactive ketones (excluding diaryl/α,β-unsaturated/α-hetero) is 2. The molecule has 1 aliphatic carbocycles. The van der Waals surface area contributed by atoms with Gasteiger partial charge in [-0.2, -0.15) is 0 Å². The molecule has 0 radical (unpaired) electrons. The molecule has 0 saturated heterocycles. The van der Waals surface area contributed by atoms with E-state index < -0.39 is 0 Å². The Hall–Kier alpha value is -3.18. The number of fused-ring (bicyclic) bond motifs is 1. The Morgan fingerprint density at radius 1 is 0.933 bits per heavy atom. The summed E-state index contributed by atoms with van der Waals surface area (Å²) >= 11 is 3.53. The Kier molecular flexibility index (Phi) is 5.55. The average Bonchev–Trinajstić information content (AvgIpc) is 2.99. The molecular weight excluding hydrogens is 444 g/mol. The van der Waals surface area contributed by atoms with Crippen LogP contribution in [-0.2, 0) is 6.61 Å². The van der Waals surface area contributed by atoms with Gasteiger partial charge in [0.15, 0.2) is 23.1 Å². The summed E-state index contributed by atoms with van der Waals surface area (Å²) in [5.74, 6) is 0.558. The van der Waals surface area contributed by atoms with Crippen molar-refractivity contribution in [2.24, 2.45) is 0 Å². The number of rotatable bonds is 5. The highest BCUT2D eigenvalue weighted by atomic mass is 79.9. The number of carbonyl (C=O) groups is 2. The molecule has 0 fully saturated rings. The van der Waals surface area contributed by atoms with E-state index in [9.17, 15) is 9.59 Å². The molecule has 0 spiro atoms. The van der Waals surface area contributed by atoms with E-state index in [0.29, 0.717) is 39.3 Å². The van der Waals surface area contributed by atoms with Crippen molar-refractivity contribution in [2.75, 3.05) is 7.11 Å². The molecule has 0 unspecified atom stereocenters. The number of carbonyl (C=O) groups excluding carboxylic acids is 2. The second-order valence-corrected chi connectivity index (χ2v) is 7.92. The highest BCUT2D eigenvalue weighted by Gasteiger charge is 2.32. The third-order valence-corrected chi connectivity index (χ3v) is 5.56. The molecule has 0 amide bonds. The van der Waals surface area contributed by atoms with Crippen molar-refractivity contribution < 1.29 is 19.1 Å². The van der Waals surface area contributed by atoms with Gasteiger partial charge >= 0.3 is 0 Å². The summed E-state index contributed by atoms with van der Waals surface area (Å²) in [6, 6.07) is 18.5. The minimum Gasteiger partial charge on any atom is -0.493 e. The Morgan fingerprint density at radius 2 is 1.57 bits per heavy atom. The van der Waals surface area contributed by atoms with E-state index in [-0.39, 0.29) is 17.1 Å². The van der Waals surface area contributed by atoms with E-state index in [2.05, 4.69) is 15.9 Å². The lowest BCUT2D eigenvalue weighted by molar-refractivity contribution is 0.0990. The Bertz CT molecular complexity index is 1140. The van der Waals surface area contributed by atoms with Crippen molar-refractivity contribution in [3.8, 4) is 11.5 Å². The fraction of sp³-hybridized carbons (Fsp3) is 0.120. The summed E-state index contributed by atoms with van der Waals surface area (Å²) < 4.78 is 12.2. The zero-order valence-corrected chi connectivity index (χ0v) is 18.2. The van der Waals surface area contributed by atoms with Crippen molar-refractivity contribution in [3.05, 3.63) is 98.5 Å². The van der Waals surface area contributed by atoms with Crippen LogP contribution in [0.15, 0.2) is 70.7 Å². The van der Waals surface area contributed by atoms with Crippen molar-refractivity contribution >= 4 is 33.6 Å². The van der Waals surface area contributed by atoms with E-state index in [1.165, 1.54) is 5.56 Å². The predicted molar refractivity (Wildman–Crippen MR) is 119 cm³/mol. The molecule has 0 bridgehead atoms. The molecule has 150 valence electrons. The summed E-state index contributed by atoms with van der Waals surface area (Å²) in [7, 11) is 1.55. The number of ether oxygens (including phenoxy) is 2. The Balaban J connectivity index is 1.63. The molecule has 0 aliphatic heterocycles. The molecule has 0 heterocycles. The van der Waals surface area contributed by atoms with Crippen LogP contribution in [0, 0.1) is 6.92 Å². The van der Waals surface area contributed by atoms with Crippen molar-refractivity contribution in [3.63, 3.8) is 0 Å². The minimum absolute atomic E-state index is 0.151. The third-order valence-electron chi connectivity index (χ3n) is 4.97. The standard InChI is InChI=1S/C25H19BrO4/c1-15-7-9-16(10-8-15)14-30-25-21(26)12-17(13-22(25)29-2)11-20-23(27)18-5-3-4-6-19(18)24(20)28/h3-13H,14H2,1-2H3. The number of ketones is 2. The molecule has 5 heteroatoms. The van der Waals surface area contributed by atoms with Gasteiger partial charge in [-0.1, -0.05) is 54.1 Å². The number of methoxy groups -OCH3 is 1. The monoisotopic (exact) mass is 462 g/mol. The van der Waals surface area contributed by atoms with Gasteiger partial charge in [0.1, 0.15) is 6.61 Å². The number of allylic oxidation sites excluding steroid dienone is 1. The van der Waals surface area contributed by atoms with Crippen LogP contribution in [0.5, 0.6) is 11.5 Å². The quantitative estimate of drug-likeness (QED) is 0.354. The summed E-state index contributed by atoms with van der Waals surface area (Å²) in [5, 5.41) is 0. The molecule has 4 rings (SSSR count). The van der Waals surface area contributed by atoms with Gasteiger partial charge in [0.05, 0.1) is 17.2 Å². The van der Waals surface area contributed by atoms with E-state index in [4.69, 9.17) is 9.47 Å². The highest BCUT2D eigenvalue weighted by molar-refractivity contribution is 9.10. The summed E-state index contributed by atoms with van der Waals surface area (Å²) in [5.41, 5.74) is 3.94. The summed E-state index contributed by atoms with van der Waals surface area (Å²) in [6.45, 7) is 2.43. The van der Waals surface area contributed by atoms with E-state index >= 15 is 0 Å². The molecular formula is C25H19BrO4. The van der Waals surface area contributed by atoms with Crippen LogP contribution in [0.2, 0.25) is 0 Å². The minimum atomic E-state index is -0.259. The van der Waals surface area contributed by atoms with Crippen LogP contribution in [0.4, 0.5) is 0 Å². The van der Waals surface area contributed by atoms with Crippen molar-refractivity contribution in [2.45, 2.75) is 13.5 Å². The van der Waals surface area contributed by atoms with Gasteiger partial charge in [0.25, 0.3) is 0 Å². The Labute approximate surface area is 183 Å². The van der Waals surface area contributed by atoms with Crippen molar-refractivity contribution in [1.82, 2.24) is 0 Å². The van der Waals surface area contributed by atoms with Gasteiger partial charge in [-0.3, -0.25) is 9.59 Å². The second-order valence-electron chi connectivity index (χ2n) is 7.07. The lowest BCUT2D eigenvalue weighted by Crippen LogP contribution is -2.01. The number of aryl methyl sites for hydroxylation is 1. The van der Waals surface area contributed by atoms with E-state index in [1.807, 2.05) is 37.3 Å². The Morgan fingerprint density at radius 3 is 2.17 bits per heavy atom. The third kappa shape index (κ3) is 3.81. The predicted octanol–water partition coefficient (Wildman–Crippen LogP) is 5.81. The fourth-order valence-electron chi connectivity index (χ4n) is 3.37. The normalized spacial score (nSPS) is 12.7. The van der Waals surface area contributed by atoms with Gasteiger partial charge in [-0.05, 0) is 52.2 Å². The lowest BCUT2D eigenvalue weighted by atomic mass is 10.1. The van der Waals surface area contributed by atoms with E-state index in [1.54, 1.807) is 43.5 Å². The smallest absolute Gasteiger partial charge is 0.197 e. The van der Waals surface area contributed by atoms with Crippen LogP contribution in [-0.4, -0.2) is 18.7 Å². The zero-order valence-electron chi connectivity index (χ0n) is 16.6. The number of benzene rings is 3. The maximum absolute atomic E-state index is 12.6. The summed E-state index contributed by atoms with van der Waals surface area (Å²) in [4.78, 5) is 25.3. The second kappa shape index (κ2) is 8.28. The molecule has 4 nitrogen and oxygen atoms in total. The largest absolute Gasteiger partial charge is 0.493 e. The van der Waals surface area contributed by atoms with Crippen molar-refractivity contribution in [1.29, 1.82) is 0 Å². The average molecular weight is 463 g/mol. The van der Waals surface area contributed by atoms with Gasteiger partial charge in [-0.15, -0.1) is 0 Å².